The number of halogens is 5. The van der Waals surface area contributed by atoms with Gasteiger partial charge in [-0.05, 0) is 102 Å². The molecule has 1 unspecified atom stereocenters. The molecule has 0 spiro atoms. The van der Waals surface area contributed by atoms with E-state index in [1.54, 1.807) is 6.07 Å². The zero-order chi connectivity index (χ0) is 37.9. The maximum atomic E-state index is 14.1. The second-order valence-corrected chi connectivity index (χ2v) is 17.8. The zero-order valence-electron chi connectivity index (χ0n) is 29.6. The van der Waals surface area contributed by atoms with E-state index in [0.29, 0.717) is 18.6 Å². The quantitative estimate of drug-likeness (QED) is 0.0848. The first-order chi connectivity index (χ1) is 25.2. The zero-order valence-corrected chi connectivity index (χ0v) is 31.3. The van der Waals surface area contributed by atoms with Gasteiger partial charge in [-0.2, -0.15) is 22.0 Å². The Balaban J connectivity index is 1.18. The Morgan fingerprint density at radius 2 is 1.58 bits per heavy atom. The predicted octanol–water partition coefficient (Wildman–Crippen LogP) is 9.67. The fourth-order valence-corrected chi connectivity index (χ4v) is 10.8. The number of phosphoric ester groups is 1. The Morgan fingerprint density at radius 3 is 2.21 bits per heavy atom. The second-order valence-electron chi connectivity index (χ2n) is 14.8. The van der Waals surface area contributed by atoms with Gasteiger partial charge in [0.15, 0.2) is 0 Å². The summed E-state index contributed by atoms with van der Waals surface area (Å²) in [6.45, 7) is 2.47. The van der Waals surface area contributed by atoms with Crippen molar-refractivity contribution in [2.24, 2.45) is 23.2 Å². The van der Waals surface area contributed by atoms with E-state index in [0.717, 1.165) is 42.4 Å². The molecule has 6 rings (SSSR count). The Kier molecular flexibility index (Phi) is 12.6. The number of phosphoric acid groups is 1. The van der Waals surface area contributed by atoms with Crippen LogP contribution in [0.4, 0.5) is 22.0 Å². The minimum Gasteiger partial charge on any atom is -0.598 e. The van der Waals surface area contributed by atoms with Crippen molar-refractivity contribution >= 4 is 19.2 Å². The smallest absolute Gasteiger partial charge is 0.530 e. The van der Waals surface area contributed by atoms with Crippen LogP contribution in [0.15, 0.2) is 78.9 Å². The molecular weight excluding hydrogens is 736 g/mol. The molecule has 2 fully saturated rings. The van der Waals surface area contributed by atoms with Crippen LogP contribution in [0.1, 0.15) is 80.0 Å². The highest BCUT2D eigenvalue weighted by molar-refractivity contribution is 7.89. The minimum atomic E-state index is -5.63. The number of benzene rings is 3. The van der Waals surface area contributed by atoms with E-state index in [2.05, 4.69) is 11.6 Å². The van der Waals surface area contributed by atoms with Gasteiger partial charge in [0.2, 0.25) is 0 Å². The van der Waals surface area contributed by atoms with E-state index in [1.807, 2.05) is 72.8 Å². The summed E-state index contributed by atoms with van der Waals surface area (Å²) in [7, 11) is -4.12. The number of rotatable bonds is 16. The average molecular weight is 784 g/mol. The van der Waals surface area contributed by atoms with Gasteiger partial charge >= 0.3 is 19.9 Å². The number of hydrogen-bond acceptors (Lipinski definition) is 7. The molecule has 7 atom stereocenters. The van der Waals surface area contributed by atoms with Gasteiger partial charge in [-0.15, -0.1) is 4.72 Å². The highest BCUT2D eigenvalue weighted by Gasteiger charge is 2.57. The fourth-order valence-electron chi connectivity index (χ4n) is 8.75. The van der Waals surface area contributed by atoms with Crippen LogP contribution in [0.25, 0.3) is 0 Å². The van der Waals surface area contributed by atoms with Crippen LogP contribution in [0.5, 0.6) is 5.75 Å². The van der Waals surface area contributed by atoms with Crippen LogP contribution in [-0.2, 0) is 44.6 Å². The third kappa shape index (κ3) is 9.48. The highest BCUT2D eigenvalue weighted by Crippen LogP contribution is 2.63. The summed E-state index contributed by atoms with van der Waals surface area (Å²) in [5.41, 5.74) is 3.57. The molecule has 290 valence electrons. The Morgan fingerprint density at radius 1 is 0.943 bits per heavy atom. The molecule has 0 heterocycles. The topological polar surface area (TPSA) is 100 Å². The van der Waals surface area contributed by atoms with Gasteiger partial charge in [-0.3, -0.25) is 9.05 Å². The van der Waals surface area contributed by atoms with Crippen molar-refractivity contribution in [3.63, 3.8) is 0 Å². The van der Waals surface area contributed by atoms with Gasteiger partial charge in [0, 0.05) is 30.7 Å². The Bertz CT molecular complexity index is 1660. The third-order valence-corrected chi connectivity index (χ3v) is 14.0. The first-order valence-corrected chi connectivity index (χ1v) is 21.0. The van der Waals surface area contributed by atoms with Gasteiger partial charge in [0.25, 0.3) is 0 Å². The summed E-state index contributed by atoms with van der Waals surface area (Å²) in [4.78, 5) is 0. The van der Waals surface area contributed by atoms with Crippen LogP contribution < -0.4 is 9.25 Å². The van der Waals surface area contributed by atoms with E-state index in [1.165, 1.54) is 5.56 Å². The normalized spacial score (nSPS) is 26.4. The van der Waals surface area contributed by atoms with Crippen molar-refractivity contribution in [3.8, 4) is 5.75 Å². The molecule has 3 aliphatic rings. The number of aliphatic hydroxyl groups excluding tert-OH is 1. The number of alkyl halides is 5. The van der Waals surface area contributed by atoms with Crippen molar-refractivity contribution in [1.82, 2.24) is 4.72 Å². The molecule has 3 aromatic rings. The van der Waals surface area contributed by atoms with Gasteiger partial charge in [0.05, 0.1) is 19.3 Å². The van der Waals surface area contributed by atoms with Crippen LogP contribution in [0.3, 0.4) is 0 Å². The van der Waals surface area contributed by atoms with Crippen molar-refractivity contribution < 1.29 is 49.7 Å². The molecule has 0 aromatic heterocycles. The maximum absolute atomic E-state index is 14.1. The van der Waals surface area contributed by atoms with Gasteiger partial charge in [-0.1, -0.05) is 73.7 Å². The van der Waals surface area contributed by atoms with Crippen LogP contribution >= 0.6 is 7.82 Å². The van der Waals surface area contributed by atoms with Gasteiger partial charge in [0.1, 0.15) is 11.5 Å². The number of hydrogen-bond donors (Lipinski definition) is 2. The molecule has 7 nitrogen and oxygen atoms in total. The summed E-state index contributed by atoms with van der Waals surface area (Å²) < 4.78 is 112. The van der Waals surface area contributed by atoms with Crippen molar-refractivity contribution in [2.75, 3.05) is 12.3 Å². The average Bonchev–Trinajstić information content (AvgIpc) is 3.43. The van der Waals surface area contributed by atoms with Crippen molar-refractivity contribution in [2.45, 2.75) is 95.6 Å². The lowest BCUT2D eigenvalue weighted by Crippen LogP contribution is -2.47. The largest absolute Gasteiger partial charge is 0.598 e. The molecular formula is C39H47F5NO6PS. The molecule has 53 heavy (non-hydrogen) atoms. The second kappa shape index (κ2) is 16.7. The monoisotopic (exact) mass is 783 g/mol. The van der Waals surface area contributed by atoms with Gasteiger partial charge in [-0.25, -0.2) is 4.57 Å². The van der Waals surface area contributed by atoms with Crippen LogP contribution in [0, 0.1) is 23.2 Å². The van der Waals surface area contributed by atoms with Crippen molar-refractivity contribution in [1.29, 1.82) is 0 Å². The highest BCUT2D eigenvalue weighted by atomic mass is 32.2. The molecule has 0 amide bonds. The molecule has 14 heteroatoms. The molecule has 0 aliphatic heterocycles. The summed E-state index contributed by atoms with van der Waals surface area (Å²) in [6, 6.07) is 24.3. The molecule has 0 saturated heterocycles. The van der Waals surface area contributed by atoms with E-state index < -0.39 is 50.2 Å². The maximum Gasteiger partial charge on any atom is 0.530 e. The van der Waals surface area contributed by atoms with E-state index in [4.69, 9.17) is 13.6 Å². The summed E-state index contributed by atoms with van der Waals surface area (Å²) in [5, 5.41) is 11.0. The molecule has 3 aromatic carbocycles. The number of fused-ring (bicyclic) bond motifs is 5. The summed E-state index contributed by atoms with van der Waals surface area (Å²) in [6.07, 6.45) is -3.43. The first-order valence-electron chi connectivity index (χ1n) is 18.2. The van der Waals surface area contributed by atoms with E-state index >= 15 is 0 Å². The lowest BCUT2D eigenvalue weighted by molar-refractivity contribution is -0.284. The van der Waals surface area contributed by atoms with Gasteiger partial charge < -0.3 is 14.2 Å². The SMILES string of the molecule is C[C@]12CC[C@@H]3c4ccc(OP(=O)(OCc5ccccc5)OCc5ccccc5)cc4C[C@@H](CCN[S+]([O-])CCCC(F)(F)C(F)(F)F)[C@H]3[C@@H]1CC[C@@H]2O. The minimum absolute atomic E-state index is 0.00874. The summed E-state index contributed by atoms with van der Waals surface area (Å²) in [5.74, 6) is -4.05. The molecule has 0 radical (unpaired) electrons. The standard InChI is InChI=1S/C39H47F5NO6PS/c1-37-20-17-33-32-14-13-31(51-52(47,49-25-27-9-4-2-5-10-27)50-26-28-11-6-3-7-12-28)24-30(32)23-29(36(33)34(37)15-16-35(37)46)18-21-45-53(48)22-8-19-38(40,41)39(42,43)44/h2-7,9-14,24,29,33-36,45-46H,8,15-23,25-26H2,1H3/t29-,33-,34+,35+,36-,37+,53?/m1/s1. The van der Waals surface area contributed by atoms with Crippen LogP contribution in [0.2, 0.25) is 0 Å². The molecule has 3 aliphatic carbocycles. The molecule has 2 saturated carbocycles. The van der Waals surface area contributed by atoms with Crippen molar-refractivity contribution in [3.05, 3.63) is 101 Å². The number of aliphatic hydroxyl groups is 1. The lowest BCUT2D eigenvalue weighted by Gasteiger charge is -2.53. The molecule has 2 N–H and O–H groups in total. The lowest BCUT2D eigenvalue weighted by atomic mass is 9.52. The van der Waals surface area contributed by atoms with E-state index in [-0.39, 0.29) is 54.6 Å². The Labute approximate surface area is 310 Å². The predicted molar refractivity (Wildman–Crippen MR) is 193 cm³/mol. The molecule has 0 bridgehead atoms. The van der Waals surface area contributed by atoms with Crippen LogP contribution in [-0.4, -0.2) is 40.2 Å². The summed E-state index contributed by atoms with van der Waals surface area (Å²) >= 11 is -1.78. The third-order valence-electron chi connectivity index (χ3n) is 11.5. The first kappa shape index (κ1) is 40.2. The fraction of sp³-hybridized carbons (Fsp3) is 0.538. The van der Waals surface area contributed by atoms with E-state index in [9.17, 15) is 36.2 Å². The number of nitrogens with one attached hydrogen (secondary N) is 1. The Hall–Kier alpha value is -2.51.